The fraction of sp³-hybridized carbons (Fsp3) is 0.471. The third-order valence-electron chi connectivity index (χ3n) is 3.62. The summed E-state index contributed by atoms with van der Waals surface area (Å²) < 4.78 is 5.54. The second-order valence-corrected chi connectivity index (χ2v) is 6.59. The molecule has 1 heterocycles. The van der Waals surface area contributed by atoms with Gasteiger partial charge in [0.2, 0.25) is 11.8 Å². The van der Waals surface area contributed by atoms with E-state index in [0.717, 1.165) is 42.5 Å². The third-order valence-corrected chi connectivity index (χ3v) is 4.43. The van der Waals surface area contributed by atoms with Crippen LogP contribution in [0.25, 0.3) is 0 Å². The number of nitrogens with zero attached hydrogens (tertiary/aromatic N) is 2. The molecule has 3 N–H and O–H groups in total. The average molecular weight is 348 g/mol. The molecule has 1 aromatic carbocycles. The van der Waals surface area contributed by atoms with Gasteiger partial charge in [-0.05, 0) is 44.4 Å². The molecule has 1 aromatic heterocycles. The first kappa shape index (κ1) is 18.5. The van der Waals surface area contributed by atoms with Gasteiger partial charge in [0.25, 0.3) is 5.22 Å². The summed E-state index contributed by atoms with van der Waals surface area (Å²) in [6.07, 6.45) is 3.80. The van der Waals surface area contributed by atoms with Crippen LogP contribution in [0, 0.1) is 13.8 Å². The van der Waals surface area contributed by atoms with E-state index in [1.54, 1.807) is 0 Å². The lowest BCUT2D eigenvalue weighted by Crippen LogP contribution is -2.15. The van der Waals surface area contributed by atoms with E-state index in [9.17, 15) is 4.79 Å². The number of para-hydroxylation sites is 1. The molecule has 130 valence electrons. The molecule has 0 spiro atoms. The van der Waals surface area contributed by atoms with Crippen molar-refractivity contribution in [2.75, 3.05) is 17.6 Å². The topological polar surface area (TPSA) is 94.0 Å². The SMILES string of the molecule is Cc1cccc(C)c1NC(=O)CSc1nnc(CCCCCN)o1. The van der Waals surface area contributed by atoms with Crippen LogP contribution in [0.3, 0.4) is 0 Å². The number of benzene rings is 1. The van der Waals surface area contributed by atoms with Crippen LogP contribution in [-0.2, 0) is 11.2 Å². The van der Waals surface area contributed by atoms with Crippen LogP contribution in [0.2, 0.25) is 0 Å². The highest BCUT2D eigenvalue weighted by atomic mass is 32.2. The summed E-state index contributed by atoms with van der Waals surface area (Å²) in [7, 11) is 0. The Morgan fingerprint density at radius 3 is 2.67 bits per heavy atom. The van der Waals surface area contributed by atoms with E-state index < -0.39 is 0 Å². The van der Waals surface area contributed by atoms with Gasteiger partial charge in [-0.2, -0.15) is 0 Å². The van der Waals surface area contributed by atoms with Gasteiger partial charge in [0.15, 0.2) is 0 Å². The number of carbonyl (C=O) groups is 1. The van der Waals surface area contributed by atoms with Crippen molar-refractivity contribution in [3.05, 3.63) is 35.2 Å². The number of hydrogen-bond donors (Lipinski definition) is 2. The number of rotatable bonds is 9. The number of thioether (sulfide) groups is 1. The van der Waals surface area contributed by atoms with Crippen molar-refractivity contribution < 1.29 is 9.21 Å². The van der Waals surface area contributed by atoms with Crippen LogP contribution in [0.15, 0.2) is 27.8 Å². The number of aryl methyl sites for hydroxylation is 3. The van der Waals surface area contributed by atoms with E-state index in [2.05, 4.69) is 15.5 Å². The molecule has 6 nitrogen and oxygen atoms in total. The lowest BCUT2D eigenvalue weighted by Gasteiger charge is -2.10. The van der Waals surface area contributed by atoms with Crippen molar-refractivity contribution in [2.24, 2.45) is 5.73 Å². The van der Waals surface area contributed by atoms with Gasteiger partial charge in [0, 0.05) is 12.1 Å². The van der Waals surface area contributed by atoms with Crippen LogP contribution >= 0.6 is 11.8 Å². The lowest BCUT2D eigenvalue weighted by molar-refractivity contribution is -0.113. The molecule has 0 unspecified atom stereocenters. The van der Waals surface area contributed by atoms with E-state index in [1.807, 2.05) is 32.0 Å². The summed E-state index contributed by atoms with van der Waals surface area (Å²) in [5.74, 6) is 0.771. The summed E-state index contributed by atoms with van der Waals surface area (Å²) in [4.78, 5) is 12.1. The fourth-order valence-corrected chi connectivity index (χ4v) is 2.89. The van der Waals surface area contributed by atoms with Gasteiger partial charge in [0.05, 0.1) is 5.75 Å². The highest BCUT2D eigenvalue weighted by molar-refractivity contribution is 7.99. The molecule has 2 aromatic rings. The van der Waals surface area contributed by atoms with Gasteiger partial charge >= 0.3 is 0 Å². The molecule has 0 saturated heterocycles. The molecular weight excluding hydrogens is 324 g/mol. The van der Waals surface area contributed by atoms with Gasteiger partial charge in [-0.15, -0.1) is 10.2 Å². The molecule has 24 heavy (non-hydrogen) atoms. The Morgan fingerprint density at radius 1 is 1.21 bits per heavy atom. The van der Waals surface area contributed by atoms with Gasteiger partial charge < -0.3 is 15.5 Å². The molecule has 0 atom stereocenters. The largest absolute Gasteiger partial charge is 0.416 e. The first-order chi connectivity index (χ1) is 11.6. The Morgan fingerprint density at radius 2 is 1.96 bits per heavy atom. The smallest absolute Gasteiger partial charge is 0.277 e. The molecule has 0 bridgehead atoms. The zero-order chi connectivity index (χ0) is 17.4. The van der Waals surface area contributed by atoms with Crippen molar-refractivity contribution in [3.8, 4) is 0 Å². The predicted molar refractivity (Wildman–Crippen MR) is 96.2 cm³/mol. The Balaban J connectivity index is 1.79. The average Bonchev–Trinajstić information content (AvgIpc) is 3.01. The van der Waals surface area contributed by atoms with Crippen LogP contribution in [-0.4, -0.2) is 28.4 Å². The molecular formula is C17H24N4O2S. The Labute approximate surface area is 146 Å². The zero-order valence-electron chi connectivity index (χ0n) is 14.2. The number of aromatic nitrogens is 2. The predicted octanol–water partition coefficient (Wildman–Crippen LogP) is 3.09. The van der Waals surface area contributed by atoms with Gasteiger partial charge in [0.1, 0.15) is 0 Å². The summed E-state index contributed by atoms with van der Waals surface area (Å²) in [6.45, 7) is 4.66. The first-order valence-electron chi connectivity index (χ1n) is 8.11. The standard InChI is InChI=1S/C17H24N4O2S/c1-12-7-6-8-13(2)16(12)19-14(22)11-24-17-21-20-15(23-17)9-4-3-5-10-18/h6-8H,3-5,9-11,18H2,1-2H3,(H,19,22). The van der Waals surface area contributed by atoms with Crippen molar-refractivity contribution >= 4 is 23.4 Å². The monoisotopic (exact) mass is 348 g/mol. The maximum absolute atomic E-state index is 12.1. The van der Waals surface area contributed by atoms with E-state index >= 15 is 0 Å². The number of nitrogens with one attached hydrogen (secondary N) is 1. The lowest BCUT2D eigenvalue weighted by atomic mass is 10.1. The molecule has 1 amide bonds. The van der Waals surface area contributed by atoms with Crippen molar-refractivity contribution in [1.82, 2.24) is 10.2 Å². The molecule has 0 aliphatic heterocycles. The van der Waals surface area contributed by atoms with Crippen LogP contribution < -0.4 is 11.1 Å². The second kappa shape index (κ2) is 9.44. The van der Waals surface area contributed by atoms with Crippen molar-refractivity contribution in [1.29, 1.82) is 0 Å². The number of amides is 1. The normalized spacial score (nSPS) is 10.8. The number of unbranched alkanes of at least 4 members (excludes halogenated alkanes) is 2. The fourth-order valence-electron chi connectivity index (χ4n) is 2.31. The van der Waals surface area contributed by atoms with E-state index in [1.165, 1.54) is 11.8 Å². The van der Waals surface area contributed by atoms with Crippen molar-refractivity contribution in [3.63, 3.8) is 0 Å². The Kier molecular flexibility index (Phi) is 7.27. The first-order valence-corrected chi connectivity index (χ1v) is 9.10. The zero-order valence-corrected chi connectivity index (χ0v) is 15.0. The van der Waals surface area contributed by atoms with Gasteiger partial charge in [-0.25, -0.2) is 0 Å². The van der Waals surface area contributed by atoms with E-state index in [4.69, 9.17) is 10.2 Å². The molecule has 7 heteroatoms. The highest BCUT2D eigenvalue weighted by Crippen LogP contribution is 2.21. The van der Waals surface area contributed by atoms with Crippen LogP contribution in [0.1, 0.15) is 36.3 Å². The minimum atomic E-state index is -0.0832. The van der Waals surface area contributed by atoms with E-state index in [0.29, 0.717) is 17.7 Å². The highest BCUT2D eigenvalue weighted by Gasteiger charge is 2.11. The summed E-state index contributed by atoms with van der Waals surface area (Å²) >= 11 is 1.25. The van der Waals surface area contributed by atoms with Crippen LogP contribution in [0.5, 0.6) is 0 Å². The summed E-state index contributed by atoms with van der Waals surface area (Å²) in [5.41, 5.74) is 8.43. The Bertz CT molecular complexity index is 652. The molecule has 0 radical (unpaired) electrons. The number of nitrogens with two attached hydrogens (primary N) is 1. The molecule has 2 rings (SSSR count). The maximum atomic E-state index is 12.1. The maximum Gasteiger partial charge on any atom is 0.277 e. The quantitative estimate of drug-likeness (QED) is 0.534. The molecule has 0 aliphatic rings. The second-order valence-electron chi connectivity index (χ2n) is 5.66. The van der Waals surface area contributed by atoms with Gasteiger partial charge in [-0.3, -0.25) is 4.79 Å². The molecule has 0 fully saturated rings. The number of anilines is 1. The third kappa shape index (κ3) is 5.65. The minimum Gasteiger partial charge on any atom is -0.416 e. The Hall–Kier alpha value is -1.86. The number of hydrogen-bond acceptors (Lipinski definition) is 6. The van der Waals surface area contributed by atoms with Crippen molar-refractivity contribution in [2.45, 2.75) is 44.8 Å². The summed E-state index contributed by atoms with van der Waals surface area (Å²) in [5, 5.41) is 11.3. The molecule has 0 aliphatic carbocycles. The summed E-state index contributed by atoms with van der Waals surface area (Å²) in [6, 6.07) is 5.93. The van der Waals surface area contributed by atoms with E-state index in [-0.39, 0.29) is 11.7 Å². The van der Waals surface area contributed by atoms with Crippen LogP contribution in [0.4, 0.5) is 5.69 Å². The van der Waals surface area contributed by atoms with Gasteiger partial charge in [-0.1, -0.05) is 36.4 Å². The minimum absolute atomic E-state index is 0.0832. The molecule has 0 saturated carbocycles. The number of carbonyl (C=O) groups excluding carboxylic acids is 1.